The zero-order valence-corrected chi connectivity index (χ0v) is 18.1. The lowest BCUT2D eigenvalue weighted by Gasteiger charge is -2.36. The second kappa shape index (κ2) is 18.3. The van der Waals surface area contributed by atoms with Crippen molar-refractivity contribution in [1.82, 2.24) is 0 Å². The van der Waals surface area contributed by atoms with Gasteiger partial charge in [-0.05, 0) is 23.7 Å². The molecule has 0 radical (unpaired) electrons. The van der Waals surface area contributed by atoms with E-state index >= 15 is 0 Å². The Morgan fingerprint density at radius 1 is 0.739 bits per heavy atom. The summed E-state index contributed by atoms with van der Waals surface area (Å²) < 4.78 is 0. The second-order valence-electron chi connectivity index (χ2n) is 7.63. The van der Waals surface area contributed by atoms with Crippen molar-refractivity contribution in [3.63, 3.8) is 0 Å². The number of rotatable bonds is 3. The summed E-state index contributed by atoms with van der Waals surface area (Å²) in [5.74, 6) is 4.15. The fraction of sp³-hybridized carbons (Fsp3) is 1.00. The highest BCUT2D eigenvalue weighted by Gasteiger charge is 2.28. The first-order chi connectivity index (χ1) is 11.1. The first-order valence-electron chi connectivity index (χ1n) is 11.1. The third-order valence-electron chi connectivity index (χ3n) is 5.35. The fourth-order valence-electron chi connectivity index (χ4n) is 4.19. The first kappa shape index (κ1) is 25.2. The monoisotopic (exact) mass is 326 g/mol. The normalized spacial score (nSPS) is 26.9. The second-order valence-corrected chi connectivity index (χ2v) is 7.63. The van der Waals surface area contributed by atoms with E-state index in [0.29, 0.717) is 0 Å². The van der Waals surface area contributed by atoms with Gasteiger partial charge >= 0.3 is 0 Å². The Labute approximate surface area is 150 Å². The summed E-state index contributed by atoms with van der Waals surface area (Å²) >= 11 is 0. The van der Waals surface area contributed by atoms with E-state index in [4.69, 9.17) is 0 Å². The molecule has 0 heterocycles. The Bertz CT molecular complexity index is 200. The zero-order valence-electron chi connectivity index (χ0n) is 18.1. The Hall–Kier alpha value is 0. The minimum absolute atomic E-state index is 1.00. The van der Waals surface area contributed by atoms with E-state index in [-0.39, 0.29) is 0 Å². The van der Waals surface area contributed by atoms with Crippen LogP contribution in [0.5, 0.6) is 0 Å². The Kier molecular flexibility index (Phi) is 20.1. The highest BCUT2D eigenvalue weighted by molar-refractivity contribution is 4.78. The molecule has 2 aliphatic carbocycles. The summed E-state index contributed by atoms with van der Waals surface area (Å²) in [7, 11) is 0. The van der Waals surface area contributed by atoms with Crippen LogP contribution in [-0.2, 0) is 0 Å². The molecule has 0 aliphatic heterocycles. The van der Waals surface area contributed by atoms with Crippen LogP contribution in [0.15, 0.2) is 0 Å². The van der Waals surface area contributed by atoms with Crippen molar-refractivity contribution < 1.29 is 0 Å². The van der Waals surface area contributed by atoms with E-state index in [1.807, 2.05) is 13.8 Å². The molecule has 2 fully saturated rings. The number of hydrogen-bond donors (Lipinski definition) is 0. The molecule has 0 aromatic rings. The third-order valence-corrected chi connectivity index (χ3v) is 5.35. The van der Waals surface area contributed by atoms with Gasteiger partial charge in [0.05, 0.1) is 0 Å². The van der Waals surface area contributed by atoms with Crippen molar-refractivity contribution in [1.29, 1.82) is 0 Å². The van der Waals surface area contributed by atoms with E-state index in [1.165, 1.54) is 70.6 Å². The van der Waals surface area contributed by atoms with E-state index in [9.17, 15) is 0 Å². The highest BCUT2D eigenvalue weighted by Crippen LogP contribution is 2.38. The minimum Gasteiger partial charge on any atom is -0.0683 e. The fourth-order valence-corrected chi connectivity index (χ4v) is 4.19. The molecule has 142 valence electrons. The van der Waals surface area contributed by atoms with Crippen molar-refractivity contribution in [2.24, 2.45) is 23.7 Å². The molecular formula is C23H50. The molecule has 0 aromatic heterocycles. The maximum atomic E-state index is 2.45. The van der Waals surface area contributed by atoms with Crippen molar-refractivity contribution in [2.75, 3.05) is 0 Å². The van der Waals surface area contributed by atoms with Gasteiger partial charge in [0.2, 0.25) is 0 Å². The van der Waals surface area contributed by atoms with Gasteiger partial charge in [-0.1, -0.05) is 126 Å². The quantitative estimate of drug-likeness (QED) is 0.485. The molecule has 2 aliphatic rings. The zero-order chi connectivity index (χ0) is 18.1. The largest absolute Gasteiger partial charge is 0.0683 e. The smallest absolute Gasteiger partial charge is 0.0363 e. The standard InChI is InChI=1S/C12H24.C6H12.C3H8.C2H6/c1-4-7-11-9-6-8-10(3)12(11)5-2;1-6-4-2-3-5-6;1-3-2;1-2/h10-12H,4-9H2,1-3H3;6H,2-5H2,1H3;3H2,1-2H3;1-2H3. The molecule has 0 saturated heterocycles. The van der Waals surface area contributed by atoms with Crippen LogP contribution >= 0.6 is 0 Å². The van der Waals surface area contributed by atoms with E-state index in [2.05, 4.69) is 41.5 Å². The average Bonchev–Trinajstić information content (AvgIpc) is 3.02. The molecule has 0 spiro atoms. The lowest BCUT2D eigenvalue weighted by Crippen LogP contribution is -2.25. The lowest BCUT2D eigenvalue weighted by molar-refractivity contribution is 0.150. The van der Waals surface area contributed by atoms with Crippen LogP contribution in [0.1, 0.15) is 126 Å². The van der Waals surface area contributed by atoms with E-state index in [0.717, 1.165) is 23.7 Å². The third kappa shape index (κ3) is 13.0. The summed E-state index contributed by atoms with van der Waals surface area (Å²) in [6, 6.07) is 0. The SMILES string of the molecule is CC.CC1CCCC1.CCC.CCCC1CCCC(C)C1CC. The van der Waals surface area contributed by atoms with Crippen LogP contribution < -0.4 is 0 Å². The van der Waals surface area contributed by atoms with Crippen LogP contribution in [0.4, 0.5) is 0 Å². The molecule has 0 heteroatoms. The number of hydrogen-bond acceptors (Lipinski definition) is 0. The van der Waals surface area contributed by atoms with Crippen LogP contribution in [0, 0.1) is 23.7 Å². The van der Waals surface area contributed by atoms with Gasteiger partial charge in [-0.3, -0.25) is 0 Å². The van der Waals surface area contributed by atoms with Crippen LogP contribution in [0.3, 0.4) is 0 Å². The molecule has 0 nitrogen and oxygen atoms in total. The highest BCUT2D eigenvalue weighted by atomic mass is 14.3. The van der Waals surface area contributed by atoms with Crippen molar-refractivity contribution in [3.05, 3.63) is 0 Å². The van der Waals surface area contributed by atoms with Gasteiger partial charge in [0.1, 0.15) is 0 Å². The van der Waals surface area contributed by atoms with E-state index < -0.39 is 0 Å². The predicted molar refractivity (Wildman–Crippen MR) is 110 cm³/mol. The summed E-state index contributed by atoms with van der Waals surface area (Å²) in [5.41, 5.74) is 0. The topological polar surface area (TPSA) is 0 Å². The predicted octanol–water partition coefficient (Wildman–Crippen LogP) is 8.89. The van der Waals surface area contributed by atoms with Crippen molar-refractivity contribution >= 4 is 0 Å². The van der Waals surface area contributed by atoms with Gasteiger partial charge in [-0.15, -0.1) is 0 Å². The molecule has 2 rings (SSSR count). The maximum Gasteiger partial charge on any atom is -0.0363 e. The molecule has 3 unspecified atom stereocenters. The van der Waals surface area contributed by atoms with Gasteiger partial charge in [-0.2, -0.15) is 0 Å². The van der Waals surface area contributed by atoms with Crippen LogP contribution in [-0.4, -0.2) is 0 Å². The summed E-state index contributed by atoms with van der Waals surface area (Å²) in [6.45, 7) is 17.7. The van der Waals surface area contributed by atoms with Gasteiger partial charge < -0.3 is 0 Å². The molecule has 23 heavy (non-hydrogen) atoms. The van der Waals surface area contributed by atoms with Crippen molar-refractivity contribution in [2.45, 2.75) is 126 Å². The summed E-state index contributed by atoms with van der Waals surface area (Å²) in [6.07, 6.45) is 15.9. The molecule has 0 bridgehead atoms. The first-order valence-corrected chi connectivity index (χ1v) is 11.1. The Balaban J connectivity index is 0. The molecule has 2 saturated carbocycles. The van der Waals surface area contributed by atoms with Gasteiger partial charge in [-0.25, -0.2) is 0 Å². The van der Waals surface area contributed by atoms with Gasteiger partial charge in [0.15, 0.2) is 0 Å². The van der Waals surface area contributed by atoms with Crippen molar-refractivity contribution in [3.8, 4) is 0 Å². The summed E-state index contributed by atoms with van der Waals surface area (Å²) in [4.78, 5) is 0. The Morgan fingerprint density at radius 3 is 1.61 bits per heavy atom. The molecule has 3 atom stereocenters. The van der Waals surface area contributed by atoms with E-state index in [1.54, 1.807) is 0 Å². The average molecular weight is 327 g/mol. The summed E-state index contributed by atoms with van der Waals surface area (Å²) in [5, 5.41) is 0. The van der Waals surface area contributed by atoms with Gasteiger partial charge in [0, 0.05) is 0 Å². The molecular weight excluding hydrogens is 276 g/mol. The minimum atomic E-state index is 1.00. The van der Waals surface area contributed by atoms with Crippen LogP contribution in [0.2, 0.25) is 0 Å². The Morgan fingerprint density at radius 2 is 1.26 bits per heavy atom. The molecule has 0 amide bonds. The molecule has 0 N–H and O–H groups in total. The van der Waals surface area contributed by atoms with Gasteiger partial charge in [0.25, 0.3) is 0 Å². The molecule has 0 aromatic carbocycles. The lowest BCUT2D eigenvalue weighted by atomic mass is 9.70. The maximum absolute atomic E-state index is 2.45. The van der Waals surface area contributed by atoms with Crippen LogP contribution in [0.25, 0.3) is 0 Å².